The predicted octanol–water partition coefficient (Wildman–Crippen LogP) is 2.83. The summed E-state index contributed by atoms with van der Waals surface area (Å²) in [6.07, 6.45) is 3.14. The van der Waals surface area contributed by atoms with Crippen LogP contribution >= 0.6 is 0 Å². The fourth-order valence-electron chi connectivity index (χ4n) is 2.40. The lowest BCUT2D eigenvalue weighted by atomic mass is 10.2. The molecule has 126 valence electrons. The Morgan fingerprint density at radius 1 is 0.538 bits per heavy atom. The number of pyridine rings is 2. The summed E-state index contributed by atoms with van der Waals surface area (Å²) in [5.74, 6) is 1.45. The van der Waals surface area contributed by atoms with E-state index < -0.39 is 0 Å². The van der Waals surface area contributed by atoms with Gasteiger partial charge in [0.1, 0.15) is 11.4 Å². The first-order valence-electron chi connectivity index (χ1n) is 7.94. The molecule has 0 amide bonds. The quantitative estimate of drug-likeness (QED) is 0.588. The Kier molecular flexibility index (Phi) is 3.95. The highest BCUT2D eigenvalue weighted by Crippen LogP contribution is 2.23. The van der Waals surface area contributed by atoms with Gasteiger partial charge in [-0.2, -0.15) is 0 Å². The maximum atomic E-state index is 5.72. The number of hydrogen-bond acceptors (Lipinski definition) is 7. The Labute approximate surface area is 149 Å². The first kappa shape index (κ1) is 15.6. The molecule has 1 aromatic carbocycles. The second-order valence-electron chi connectivity index (χ2n) is 5.63. The Morgan fingerprint density at radius 3 is 1.50 bits per heavy atom. The molecule has 0 aliphatic carbocycles. The van der Waals surface area contributed by atoms with Gasteiger partial charge in [0.15, 0.2) is 17.5 Å². The van der Waals surface area contributed by atoms with Gasteiger partial charge >= 0.3 is 0 Å². The monoisotopic (exact) mass is 341 g/mol. The third-order valence-corrected chi connectivity index (χ3v) is 3.70. The molecule has 0 saturated heterocycles. The first-order valence-corrected chi connectivity index (χ1v) is 7.94. The van der Waals surface area contributed by atoms with Gasteiger partial charge in [-0.15, -0.1) is 0 Å². The van der Waals surface area contributed by atoms with Crippen LogP contribution in [0.1, 0.15) is 0 Å². The van der Waals surface area contributed by atoms with Crippen molar-refractivity contribution in [3.05, 3.63) is 67.0 Å². The highest BCUT2D eigenvalue weighted by molar-refractivity contribution is 5.64. The zero-order chi connectivity index (χ0) is 17.9. The van der Waals surface area contributed by atoms with Gasteiger partial charge in [-0.1, -0.05) is 30.3 Å². The molecule has 7 heteroatoms. The van der Waals surface area contributed by atoms with E-state index in [1.165, 1.54) is 0 Å². The van der Waals surface area contributed by atoms with Crippen molar-refractivity contribution >= 4 is 11.4 Å². The van der Waals surface area contributed by atoms with E-state index in [-0.39, 0.29) is 0 Å². The minimum atomic E-state index is 0.451. The van der Waals surface area contributed by atoms with Gasteiger partial charge in [-0.05, 0) is 24.3 Å². The second-order valence-corrected chi connectivity index (χ2v) is 5.63. The van der Waals surface area contributed by atoms with Gasteiger partial charge < -0.3 is 11.5 Å². The van der Waals surface area contributed by atoms with E-state index in [1.807, 2.05) is 30.3 Å². The normalized spacial score (nSPS) is 10.6. The molecule has 0 saturated carbocycles. The number of benzene rings is 1. The molecular weight excluding hydrogens is 326 g/mol. The minimum Gasteiger partial charge on any atom is -0.397 e. The van der Waals surface area contributed by atoms with E-state index in [0.717, 1.165) is 5.56 Å². The van der Waals surface area contributed by atoms with Crippen LogP contribution in [0, 0.1) is 0 Å². The molecule has 0 unspecified atom stereocenters. The fourth-order valence-corrected chi connectivity index (χ4v) is 2.40. The van der Waals surface area contributed by atoms with Crippen LogP contribution < -0.4 is 11.5 Å². The van der Waals surface area contributed by atoms with Gasteiger partial charge in [-0.3, -0.25) is 9.97 Å². The van der Waals surface area contributed by atoms with Crippen LogP contribution in [0.2, 0.25) is 0 Å². The van der Waals surface area contributed by atoms with Gasteiger partial charge in [0.25, 0.3) is 0 Å². The topological polar surface area (TPSA) is 116 Å². The number of nitrogens with two attached hydrogens (primary N) is 2. The van der Waals surface area contributed by atoms with Crippen LogP contribution in [0.3, 0.4) is 0 Å². The summed E-state index contributed by atoms with van der Waals surface area (Å²) in [6.45, 7) is 0. The van der Waals surface area contributed by atoms with Crippen LogP contribution in [-0.2, 0) is 0 Å². The van der Waals surface area contributed by atoms with Crippen molar-refractivity contribution < 1.29 is 0 Å². The third kappa shape index (κ3) is 3.18. The number of nitrogens with zero attached hydrogens (tertiary/aromatic N) is 5. The lowest BCUT2D eigenvalue weighted by molar-refractivity contribution is 1.05. The standard InChI is InChI=1S/C19H15N7/c20-13-6-8-15(22-10-13)18-24-17(12-4-2-1-3-5-12)25-19(26-18)16-9-7-14(21)11-23-16/h1-11H,20-21H2. The fraction of sp³-hybridized carbons (Fsp3) is 0. The number of anilines is 2. The molecule has 0 fully saturated rings. The largest absolute Gasteiger partial charge is 0.397 e. The molecule has 4 N–H and O–H groups in total. The van der Waals surface area contributed by atoms with Crippen LogP contribution in [0.5, 0.6) is 0 Å². The summed E-state index contributed by atoms with van der Waals surface area (Å²) < 4.78 is 0. The smallest absolute Gasteiger partial charge is 0.182 e. The minimum absolute atomic E-state index is 0.451. The summed E-state index contributed by atoms with van der Waals surface area (Å²) in [6, 6.07) is 16.8. The highest BCUT2D eigenvalue weighted by Gasteiger charge is 2.13. The van der Waals surface area contributed by atoms with Gasteiger partial charge in [0, 0.05) is 5.56 Å². The van der Waals surface area contributed by atoms with Crippen molar-refractivity contribution in [2.24, 2.45) is 0 Å². The molecule has 4 rings (SSSR count). The van der Waals surface area contributed by atoms with Crippen molar-refractivity contribution in [2.75, 3.05) is 11.5 Å². The molecule has 26 heavy (non-hydrogen) atoms. The van der Waals surface area contributed by atoms with E-state index in [4.69, 9.17) is 11.5 Å². The molecular formula is C19H15N7. The Hall–Kier alpha value is -3.87. The Balaban J connectivity index is 1.89. The van der Waals surface area contributed by atoms with E-state index in [2.05, 4.69) is 24.9 Å². The number of aromatic nitrogens is 5. The van der Waals surface area contributed by atoms with Crippen LogP contribution in [0.4, 0.5) is 11.4 Å². The summed E-state index contributed by atoms with van der Waals surface area (Å²) in [7, 11) is 0. The SMILES string of the molecule is Nc1ccc(-c2nc(-c3ccccc3)nc(-c3ccc(N)cn3)n2)nc1. The summed E-state index contributed by atoms with van der Waals surface area (Å²) in [5.41, 5.74) is 14.7. The van der Waals surface area contributed by atoms with Crippen LogP contribution in [0.25, 0.3) is 34.4 Å². The molecule has 0 spiro atoms. The van der Waals surface area contributed by atoms with Gasteiger partial charge in [0.2, 0.25) is 0 Å². The Bertz CT molecular complexity index is 966. The molecule has 0 atom stereocenters. The average Bonchev–Trinajstić information content (AvgIpc) is 2.69. The van der Waals surface area contributed by atoms with Crippen molar-refractivity contribution in [1.82, 2.24) is 24.9 Å². The first-order chi connectivity index (χ1) is 12.7. The van der Waals surface area contributed by atoms with Crippen molar-refractivity contribution in [3.63, 3.8) is 0 Å². The zero-order valence-corrected chi connectivity index (χ0v) is 13.7. The summed E-state index contributed by atoms with van der Waals surface area (Å²) >= 11 is 0. The van der Waals surface area contributed by atoms with Gasteiger partial charge in [0.05, 0.1) is 23.8 Å². The lowest BCUT2D eigenvalue weighted by Crippen LogP contribution is -2.02. The van der Waals surface area contributed by atoms with Gasteiger partial charge in [-0.25, -0.2) is 15.0 Å². The van der Waals surface area contributed by atoms with Crippen molar-refractivity contribution in [1.29, 1.82) is 0 Å². The van der Waals surface area contributed by atoms with Crippen LogP contribution in [0.15, 0.2) is 67.0 Å². The molecule has 7 nitrogen and oxygen atoms in total. The van der Waals surface area contributed by atoms with E-state index >= 15 is 0 Å². The Morgan fingerprint density at radius 2 is 1.04 bits per heavy atom. The van der Waals surface area contributed by atoms with Crippen molar-refractivity contribution in [2.45, 2.75) is 0 Å². The number of hydrogen-bond donors (Lipinski definition) is 2. The molecule has 0 bridgehead atoms. The number of nitrogen functional groups attached to an aromatic ring is 2. The van der Waals surface area contributed by atoms with E-state index in [9.17, 15) is 0 Å². The molecule has 0 aliphatic heterocycles. The highest BCUT2D eigenvalue weighted by atomic mass is 15.1. The summed E-state index contributed by atoms with van der Waals surface area (Å²) in [4.78, 5) is 22.3. The third-order valence-electron chi connectivity index (χ3n) is 3.70. The molecule has 4 aromatic rings. The molecule has 3 aromatic heterocycles. The summed E-state index contributed by atoms with van der Waals surface area (Å²) in [5, 5.41) is 0. The number of rotatable bonds is 3. The maximum absolute atomic E-state index is 5.72. The second kappa shape index (κ2) is 6.56. The maximum Gasteiger partial charge on any atom is 0.182 e. The lowest BCUT2D eigenvalue weighted by Gasteiger charge is -2.07. The molecule has 3 heterocycles. The van der Waals surface area contributed by atoms with E-state index in [1.54, 1.807) is 36.7 Å². The zero-order valence-electron chi connectivity index (χ0n) is 13.7. The van der Waals surface area contributed by atoms with E-state index in [0.29, 0.717) is 40.2 Å². The van der Waals surface area contributed by atoms with Crippen molar-refractivity contribution in [3.8, 4) is 34.4 Å². The predicted molar refractivity (Wildman–Crippen MR) is 101 cm³/mol. The molecule has 0 aliphatic rings. The molecule has 0 radical (unpaired) electrons. The van der Waals surface area contributed by atoms with Crippen LogP contribution in [-0.4, -0.2) is 24.9 Å². The average molecular weight is 341 g/mol.